The highest BCUT2D eigenvalue weighted by Crippen LogP contribution is 2.46. The molecule has 0 radical (unpaired) electrons. The standard InChI is InChI=1S/C48H32N2/c1-5-17-33(18-6-1)39-31-47-43(37-25-13-15-27-45(37)49(47)35-21-9-3-10-22-35)29-41(39)42-30-44-38-26-14-16-28-46(38)50(36-23-11-4-12-24-36)48(44)32-40(42)34-19-7-2-8-20-34/h1-32H. The summed E-state index contributed by atoms with van der Waals surface area (Å²) in [5.74, 6) is 0. The van der Waals surface area contributed by atoms with E-state index in [9.17, 15) is 0 Å². The van der Waals surface area contributed by atoms with Crippen LogP contribution in [0.1, 0.15) is 0 Å². The number of benzene rings is 8. The zero-order valence-electron chi connectivity index (χ0n) is 27.4. The number of aromatic nitrogens is 2. The maximum Gasteiger partial charge on any atom is 0.0547 e. The Labute approximate surface area is 290 Å². The highest BCUT2D eigenvalue weighted by atomic mass is 15.0. The molecule has 0 aliphatic carbocycles. The predicted octanol–water partition coefficient (Wildman–Crippen LogP) is 12.9. The van der Waals surface area contributed by atoms with Crippen LogP contribution in [0.4, 0.5) is 0 Å². The van der Waals surface area contributed by atoms with E-state index >= 15 is 0 Å². The van der Waals surface area contributed by atoms with Crippen LogP contribution in [0.2, 0.25) is 0 Å². The fraction of sp³-hybridized carbons (Fsp3) is 0. The largest absolute Gasteiger partial charge is 0.309 e. The van der Waals surface area contributed by atoms with Gasteiger partial charge in [0.15, 0.2) is 0 Å². The number of para-hydroxylation sites is 4. The summed E-state index contributed by atoms with van der Waals surface area (Å²) in [6.45, 7) is 0. The number of rotatable bonds is 5. The lowest BCUT2D eigenvalue weighted by molar-refractivity contribution is 1.18. The Hall–Kier alpha value is -6.64. The summed E-state index contributed by atoms with van der Waals surface area (Å²) in [5, 5.41) is 4.97. The third-order valence-electron chi connectivity index (χ3n) is 10.1. The summed E-state index contributed by atoms with van der Waals surface area (Å²) in [5.41, 5.74) is 14.4. The van der Waals surface area contributed by atoms with E-state index in [4.69, 9.17) is 0 Å². The first-order valence-electron chi connectivity index (χ1n) is 17.2. The maximum absolute atomic E-state index is 2.45. The normalized spacial score (nSPS) is 11.6. The van der Waals surface area contributed by atoms with Crippen molar-refractivity contribution >= 4 is 43.6 Å². The molecule has 8 aromatic carbocycles. The van der Waals surface area contributed by atoms with Gasteiger partial charge in [0, 0.05) is 32.9 Å². The zero-order chi connectivity index (χ0) is 33.0. The van der Waals surface area contributed by atoms with Crippen LogP contribution in [-0.4, -0.2) is 9.13 Å². The molecule has 50 heavy (non-hydrogen) atoms. The lowest BCUT2D eigenvalue weighted by Gasteiger charge is -2.18. The van der Waals surface area contributed by atoms with E-state index in [-0.39, 0.29) is 0 Å². The second-order valence-electron chi connectivity index (χ2n) is 12.9. The van der Waals surface area contributed by atoms with Crippen molar-refractivity contribution in [3.63, 3.8) is 0 Å². The van der Waals surface area contributed by atoms with Gasteiger partial charge in [-0.3, -0.25) is 0 Å². The van der Waals surface area contributed by atoms with Gasteiger partial charge >= 0.3 is 0 Å². The Kier molecular flexibility index (Phi) is 6.53. The van der Waals surface area contributed by atoms with Crippen molar-refractivity contribution in [2.24, 2.45) is 0 Å². The molecule has 10 rings (SSSR count). The van der Waals surface area contributed by atoms with Crippen LogP contribution in [0, 0.1) is 0 Å². The first-order valence-corrected chi connectivity index (χ1v) is 17.2. The van der Waals surface area contributed by atoms with E-state index in [1.165, 1.54) is 77.0 Å². The minimum absolute atomic E-state index is 1.16. The highest BCUT2D eigenvalue weighted by Gasteiger charge is 2.22. The van der Waals surface area contributed by atoms with Gasteiger partial charge in [-0.1, -0.05) is 133 Å². The van der Waals surface area contributed by atoms with Crippen molar-refractivity contribution in [1.29, 1.82) is 0 Å². The van der Waals surface area contributed by atoms with Crippen LogP contribution < -0.4 is 0 Å². The summed E-state index contributed by atoms with van der Waals surface area (Å²) in [6.07, 6.45) is 0. The predicted molar refractivity (Wildman–Crippen MR) is 211 cm³/mol. The van der Waals surface area contributed by atoms with Gasteiger partial charge in [-0.25, -0.2) is 0 Å². The molecule has 0 atom stereocenters. The number of nitrogens with zero attached hydrogens (tertiary/aromatic N) is 2. The van der Waals surface area contributed by atoms with Crippen molar-refractivity contribution in [1.82, 2.24) is 9.13 Å². The molecule has 0 bridgehead atoms. The Balaban J connectivity index is 1.37. The molecule has 234 valence electrons. The fourth-order valence-corrected chi connectivity index (χ4v) is 7.90. The minimum Gasteiger partial charge on any atom is -0.309 e. The SMILES string of the molecule is c1ccc(-c2cc3c(cc2-c2cc4c5ccccc5n(-c5ccccc5)c4cc2-c2ccccc2)c2ccccc2n3-c2ccccc2)cc1. The molecule has 0 aliphatic heterocycles. The van der Waals surface area contributed by atoms with Crippen molar-refractivity contribution in [3.05, 3.63) is 194 Å². The Morgan fingerprint density at radius 3 is 0.980 bits per heavy atom. The quantitative estimate of drug-likeness (QED) is 0.178. The van der Waals surface area contributed by atoms with E-state index in [1.54, 1.807) is 0 Å². The summed E-state index contributed by atoms with van der Waals surface area (Å²) in [6, 6.07) is 70.5. The molecule has 2 heteroatoms. The molecule has 0 saturated carbocycles. The van der Waals surface area contributed by atoms with E-state index < -0.39 is 0 Å². The highest BCUT2D eigenvalue weighted by molar-refractivity contribution is 6.16. The zero-order valence-corrected chi connectivity index (χ0v) is 27.4. The molecule has 0 fully saturated rings. The maximum atomic E-state index is 2.45. The van der Waals surface area contributed by atoms with Crippen molar-refractivity contribution in [3.8, 4) is 44.8 Å². The summed E-state index contributed by atoms with van der Waals surface area (Å²) >= 11 is 0. The number of hydrogen-bond acceptors (Lipinski definition) is 0. The van der Waals surface area contributed by atoms with Gasteiger partial charge in [-0.05, 0) is 94.0 Å². The third kappa shape index (κ3) is 4.43. The molecular formula is C48H32N2. The van der Waals surface area contributed by atoms with Gasteiger partial charge in [-0.2, -0.15) is 0 Å². The Morgan fingerprint density at radius 1 is 0.240 bits per heavy atom. The first-order chi connectivity index (χ1) is 24.8. The van der Waals surface area contributed by atoms with Crippen LogP contribution in [0.25, 0.3) is 88.4 Å². The van der Waals surface area contributed by atoms with E-state index in [1.807, 2.05) is 0 Å². The summed E-state index contributed by atoms with van der Waals surface area (Å²) < 4.78 is 4.82. The average molecular weight is 637 g/mol. The van der Waals surface area contributed by atoms with Gasteiger partial charge in [0.05, 0.1) is 22.1 Å². The second-order valence-corrected chi connectivity index (χ2v) is 12.9. The van der Waals surface area contributed by atoms with Crippen LogP contribution in [0.3, 0.4) is 0 Å². The lowest BCUT2D eigenvalue weighted by atomic mass is 9.87. The average Bonchev–Trinajstić information content (AvgIpc) is 3.70. The molecule has 2 aromatic heterocycles. The minimum atomic E-state index is 1.16. The van der Waals surface area contributed by atoms with Crippen molar-refractivity contribution in [2.45, 2.75) is 0 Å². The molecule has 0 unspecified atom stereocenters. The van der Waals surface area contributed by atoms with Gasteiger partial charge in [0.2, 0.25) is 0 Å². The van der Waals surface area contributed by atoms with E-state index in [2.05, 4.69) is 203 Å². The van der Waals surface area contributed by atoms with E-state index in [0.29, 0.717) is 0 Å². The molecule has 0 spiro atoms. The van der Waals surface area contributed by atoms with Crippen molar-refractivity contribution in [2.75, 3.05) is 0 Å². The van der Waals surface area contributed by atoms with Crippen LogP contribution in [0.5, 0.6) is 0 Å². The molecule has 0 N–H and O–H groups in total. The monoisotopic (exact) mass is 636 g/mol. The lowest BCUT2D eigenvalue weighted by Crippen LogP contribution is -1.96. The molecule has 10 aromatic rings. The topological polar surface area (TPSA) is 9.86 Å². The smallest absolute Gasteiger partial charge is 0.0547 e. The first kappa shape index (κ1) is 28.4. The van der Waals surface area contributed by atoms with E-state index in [0.717, 1.165) is 11.4 Å². The van der Waals surface area contributed by atoms with Crippen LogP contribution in [-0.2, 0) is 0 Å². The number of hydrogen-bond donors (Lipinski definition) is 0. The van der Waals surface area contributed by atoms with Gasteiger partial charge in [-0.15, -0.1) is 0 Å². The summed E-state index contributed by atoms with van der Waals surface area (Å²) in [4.78, 5) is 0. The second kappa shape index (κ2) is 11.5. The number of fused-ring (bicyclic) bond motifs is 6. The molecule has 0 aliphatic rings. The molecule has 2 nitrogen and oxygen atoms in total. The van der Waals surface area contributed by atoms with Crippen molar-refractivity contribution < 1.29 is 0 Å². The van der Waals surface area contributed by atoms with Gasteiger partial charge in [0.1, 0.15) is 0 Å². The Bertz CT molecular complexity index is 2630. The molecule has 0 amide bonds. The third-order valence-corrected chi connectivity index (χ3v) is 10.1. The Morgan fingerprint density at radius 2 is 0.580 bits per heavy atom. The molecule has 2 heterocycles. The van der Waals surface area contributed by atoms with Gasteiger partial charge in [0.25, 0.3) is 0 Å². The molecule has 0 saturated heterocycles. The van der Waals surface area contributed by atoms with Crippen LogP contribution in [0.15, 0.2) is 194 Å². The van der Waals surface area contributed by atoms with Crippen LogP contribution >= 0.6 is 0 Å². The van der Waals surface area contributed by atoms with Gasteiger partial charge < -0.3 is 9.13 Å². The fourth-order valence-electron chi connectivity index (χ4n) is 7.90. The molecular weight excluding hydrogens is 605 g/mol. The summed E-state index contributed by atoms with van der Waals surface area (Å²) in [7, 11) is 0.